The SMILES string of the molecule is O=C(CN1CCc2nc(NC(=O)c3cccs3)sc2C1)NC1CCCCC1. The first-order chi connectivity index (χ1) is 13.2. The second kappa shape index (κ2) is 8.50. The van der Waals surface area contributed by atoms with Crippen LogP contribution in [0, 0.1) is 0 Å². The van der Waals surface area contributed by atoms with Gasteiger partial charge in [0.25, 0.3) is 5.91 Å². The minimum atomic E-state index is -0.111. The van der Waals surface area contributed by atoms with Crippen molar-refractivity contribution in [3.05, 3.63) is 33.0 Å². The van der Waals surface area contributed by atoms with Gasteiger partial charge < -0.3 is 5.32 Å². The minimum absolute atomic E-state index is 0.111. The van der Waals surface area contributed by atoms with Gasteiger partial charge in [-0.15, -0.1) is 22.7 Å². The largest absolute Gasteiger partial charge is 0.352 e. The number of aromatic nitrogens is 1. The van der Waals surface area contributed by atoms with Crippen LogP contribution < -0.4 is 10.6 Å². The van der Waals surface area contributed by atoms with Gasteiger partial charge in [-0.05, 0) is 24.3 Å². The summed E-state index contributed by atoms with van der Waals surface area (Å²) in [5.74, 6) is 0.0147. The normalized spacial score (nSPS) is 18.1. The summed E-state index contributed by atoms with van der Waals surface area (Å²) >= 11 is 2.93. The van der Waals surface area contributed by atoms with Gasteiger partial charge in [0.1, 0.15) is 0 Å². The van der Waals surface area contributed by atoms with Crippen LogP contribution in [0.15, 0.2) is 17.5 Å². The molecule has 0 aromatic carbocycles. The van der Waals surface area contributed by atoms with E-state index in [1.807, 2.05) is 11.4 Å². The highest BCUT2D eigenvalue weighted by atomic mass is 32.1. The topological polar surface area (TPSA) is 74.3 Å². The Labute approximate surface area is 167 Å². The zero-order chi connectivity index (χ0) is 18.6. The number of amides is 2. The summed E-state index contributed by atoms with van der Waals surface area (Å²) in [5, 5.41) is 8.61. The van der Waals surface area contributed by atoms with Crippen molar-refractivity contribution in [2.75, 3.05) is 18.4 Å². The molecule has 1 saturated carbocycles. The van der Waals surface area contributed by atoms with Crippen molar-refractivity contribution >= 4 is 39.6 Å². The number of fused-ring (bicyclic) bond motifs is 1. The molecule has 4 rings (SSSR count). The van der Waals surface area contributed by atoms with Gasteiger partial charge >= 0.3 is 0 Å². The Balaban J connectivity index is 1.31. The van der Waals surface area contributed by atoms with Crippen LogP contribution in [0.2, 0.25) is 0 Å². The molecule has 0 bridgehead atoms. The van der Waals surface area contributed by atoms with Gasteiger partial charge in [0.2, 0.25) is 5.91 Å². The highest BCUT2D eigenvalue weighted by Gasteiger charge is 2.24. The quantitative estimate of drug-likeness (QED) is 0.802. The fraction of sp³-hybridized carbons (Fsp3) is 0.526. The fourth-order valence-electron chi connectivity index (χ4n) is 3.73. The standard InChI is InChI=1S/C19H24N4O2S2/c24-17(20-13-5-2-1-3-6-13)12-23-9-8-14-16(11-23)27-19(21-14)22-18(25)15-7-4-10-26-15/h4,7,10,13H,1-3,5-6,8-9,11-12H2,(H,20,24)(H,21,22,25). The average Bonchev–Trinajstić information content (AvgIpc) is 3.31. The summed E-state index contributed by atoms with van der Waals surface area (Å²) in [6.07, 6.45) is 6.77. The van der Waals surface area contributed by atoms with Crippen LogP contribution in [0.4, 0.5) is 5.13 Å². The van der Waals surface area contributed by atoms with E-state index in [0.29, 0.717) is 22.6 Å². The van der Waals surface area contributed by atoms with Crippen LogP contribution in [0.5, 0.6) is 0 Å². The van der Waals surface area contributed by atoms with E-state index < -0.39 is 0 Å². The predicted molar refractivity (Wildman–Crippen MR) is 108 cm³/mol. The number of thiazole rings is 1. The Morgan fingerprint density at radius 1 is 1.26 bits per heavy atom. The Bertz CT molecular complexity index is 797. The maximum atomic E-state index is 12.4. The molecule has 2 amide bonds. The maximum absolute atomic E-state index is 12.4. The summed E-state index contributed by atoms with van der Waals surface area (Å²) in [7, 11) is 0. The van der Waals surface area contributed by atoms with Gasteiger partial charge in [-0.3, -0.25) is 19.8 Å². The van der Waals surface area contributed by atoms with Crippen molar-refractivity contribution in [2.24, 2.45) is 0 Å². The molecule has 0 spiro atoms. The molecule has 144 valence electrons. The molecule has 8 heteroatoms. The Hall–Kier alpha value is -1.77. The molecule has 1 fully saturated rings. The summed E-state index contributed by atoms with van der Waals surface area (Å²) < 4.78 is 0. The Morgan fingerprint density at radius 2 is 2.11 bits per heavy atom. The Morgan fingerprint density at radius 3 is 2.89 bits per heavy atom. The third-order valence-corrected chi connectivity index (χ3v) is 6.98. The number of carbonyl (C=O) groups is 2. The second-order valence-electron chi connectivity index (χ2n) is 7.18. The number of thiophene rings is 1. The lowest BCUT2D eigenvalue weighted by Crippen LogP contribution is -2.44. The Kier molecular flexibility index (Phi) is 5.85. The second-order valence-corrected chi connectivity index (χ2v) is 9.21. The molecule has 0 atom stereocenters. The molecule has 3 heterocycles. The molecule has 2 N–H and O–H groups in total. The first-order valence-corrected chi connectivity index (χ1v) is 11.2. The van der Waals surface area contributed by atoms with Gasteiger partial charge in [-0.1, -0.05) is 25.3 Å². The maximum Gasteiger partial charge on any atom is 0.267 e. The molecule has 2 aromatic rings. The van der Waals surface area contributed by atoms with E-state index in [-0.39, 0.29) is 11.8 Å². The van der Waals surface area contributed by atoms with Crippen molar-refractivity contribution < 1.29 is 9.59 Å². The number of hydrogen-bond donors (Lipinski definition) is 2. The van der Waals surface area contributed by atoms with Crippen molar-refractivity contribution in [1.82, 2.24) is 15.2 Å². The monoisotopic (exact) mass is 404 g/mol. The average molecular weight is 405 g/mol. The number of nitrogens with zero attached hydrogens (tertiary/aromatic N) is 2. The highest BCUT2D eigenvalue weighted by Crippen LogP contribution is 2.29. The van der Waals surface area contributed by atoms with Gasteiger partial charge in [0.15, 0.2) is 5.13 Å². The zero-order valence-corrected chi connectivity index (χ0v) is 16.8. The van der Waals surface area contributed by atoms with Crippen molar-refractivity contribution in [1.29, 1.82) is 0 Å². The lowest BCUT2D eigenvalue weighted by atomic mass is 9.95. The summed E-state index contributed by atoms with van der Waals surface area (Å²) in [4.78, 5) is 33.1. The number of hydrogen-bond acceptors (Lipinski definition) is 6. The summed E-state index contributed by atoms with van der Waals surface area (Å²) in [6, 6.07) is 4.03. The minimum Gasteiger partial charge on any atom is -0.352 e. The van der Waals surface area contributed by atoms with E-state index in [4.69, 9.17) is 0 Å². The molecule has 0 radical (unpaired) electrons. The molecule has 1 aliphatic heterocycles. The molecular weight excluding hydrogens is 380 g/mol. The van der Waals surface area contributed by atoms with Crippen molar-refractivity contribution in [3.63, 3.8) is 0 Å². The number of rotatable bonds is 5. The van der Waals surface area contributed by atoms with Crippen LogP contribution in [0.25, 0.3) is 0 Å². The molecule has 0 saturated heterocycles. The van der Waals surface area contributed by atoms with Crippen LogP contribution in [0.3, 0.4) is 0 Å². The van der Waals surface area contributed by atoms with Crippen molar-refractivity contribution in [2.45, 2.75) is 51.1 Å². The van der Waals surface area contributed by atoms with E-state index >= 15 is 0 Å². The zero-order valence-electron chi connectivity index (χ0n) is 15.2. The molecule has 27 heavy (non-hydrogen) atoms. The van der Waals surface area contributed by atoms with Crippen LogP contribution in [0.1, 0.15) is 52.3 Å². The van der Waals surface area contributed by atoms with Gasteiger partial charge in [0, 0.05) is 30.4 Å². The van der Waals surface area contributed by atoms with E-state index in [2.05, 4.69) is 20.5 Å². The first kappa shape index (κ1) is 18.6. The van der Waals surface area contributed by atoms with Crippen LogP contribution in [-0.4, -0.2) is 40.8 Å². The molecule has 2 aliphatic rings. The highest BCUT2D eigenvalue weighted by molar-refractivity contribution is 7.16. The van der Waals surface area contributed by atoms with Gasteiger partial charge in [0.05, 0.1) is 17.1 Å². The van der Waals surface area contributed by atoms with Gasteiger partial charge in [-0.2, -0.15) is 0 Å². The molecule has 0 unspecified atom stereocenters. The van der Waals surface area contributed by atoms with E-state index in [0.717, 1.165) is 42.9 Å². The number of nitrogens with one attached hydrogen (secondary N) is 2. The number of carbonyl (C=O) groups excluding carboxylic acids is 2. The van der Waals surface area contributed by atoms with E-state index in [9.17, 15) is 9.59 Å². The van der Waals surface area contributed by atoms with Gasteiger partial charge in [-0.25, -0.2) is 4.98 Å². The van der Waals surface area contributed by atoms with Crippen molar-refractivity contribution in [3.8, 4) is 0 Å². The summed E-state index contributed by atoms with van der Waals surface area (Å²) in [6.45, 7) is 1.98. The smallest absolute Gasteiger partial charge is 0.267 e. The summed E-state index contributed by atoms with van der Waals surface area (Å²) in [5.41, 5.74) is 1.05. The fourth-order valence-corrected chi connectivity index (χ4v) is 5.39. The molecular formula is C19H24N4O2S2. The third kappa shape index (κ3) is 4.75. The lowest BCUT2D eigenvalue weighted by Gasteiger charge is -2.27. The van der Waals surface area contributed by atoms with Crippen LogP contribution in [-0.2, 0) is 17.8 Å². The molecule has 6 nitrogen and oxygen atoms in total. The van der Waals surface area contributed by atoms with E-state index in [1.165, 1.54) is 41.9 Å². The third-order valence-electron chi connectivity index (χ3n) is 5.11. The molecule has 1 aliphatic carbocycles. The lowest BCUT2D eigenvalue weighted by molar-refractivity contribution is -0.123. The predicted octanol–water partition coefficient (Wildman–Crippen LogP) is 3.26. The first-order valence-electron chi connectivity index (χ1n) is 9.52. The van der Waals surface area contributed by atoms with E-state index in [1.54, 1.807) is 6.07 Å². The molecule has 2 aromatic heterocycles. The van der Waals surface area contributed by atoms with Crippen LogP contribution >= 0.6 is 22.7 Å². The number of anilines is 1.